The molecule has 1 heterocycles. The molecule has 0 unspecified atom stereocenters. The fourth-order valence-corrected chi connectivity index (χ4v) is 1.49. The summed E-state index contributed by atoms with van der Waals surface area (Å²) >= 11 is 0. The number of carbonyl (C=O) groups is 1. The first-order valence-electron chi connectivity index (χ1n) is 5.67. The summed E-state index contributed by atoms with van der Waals surface area (Å²) in [6.45, 7) is 1.79. The highest BCUT2D eigenvalue weighted by Gasteiger charge is 2.40. The summed E-state index contributed by atoms with van der Waals surface area (Å²) < 4.78 is 9.93. The minimum atomic E-state index is -1.29. The van der Waals surface area contributed by atoms with Crippen LogP contribution in [0.5, 0.6) is 0 Å². The van der Waals surface area contributed by atoms with Gasteiger partial charge in [0.25, 0.3) is 0 Å². The summed E-state index contributed by atoms with van der Waals surface area (Å²) in [6, 6.07) is 0. The van der Waals surface area contributed by atoms with Gasteiger partial charge in [-0.05, 0) is 6.42 Å². The molecule has 2 atom stereocenters. The lowest BCUT2D eigenvalue weighted by atomic mass is 10.2. The Kier molecular flexibility index (Phi) is 5.24. The number of unbranched alkanes of at least 4 members (excludes halogenated alkanes) is 2. The Bertz CT molecular complexity index is 298. The van der Waals surface area contributed by atoms with E-state index in [4.69, 9.17) is 14.6 Å². The molecule has 0 aromatic heterocycles. The maximum Gasteiger partial charge on any atom is 0.378 e. The van der Waals surface area contributed by atoms with Crippen molar-refractivity contribution in [3.63, 3.8) is 0 Å². The molecule has 1 aliphatic heterocycles. The number of aliphatic hydroxyl groups is 3. The minimum Gasteiger partial charge on any atom is -0.499 e. The average Bonchev–Trinajstić information content (AvgIpc) is 2.61. The molecule has 0 saturated heterocycles. The van der Waals surface area contributed by atoms with Crippen LogP contribution in [0.4, 0.5) is 0 Å². The first-order chi connectivity index (χ1) is 8.11. The maximum atomic E-state index is 11.1. The van der Waals surface area contributed by atoms with Gasteiger partial charge in [-0.2, -0.15) is 0 Å². The standard InChI is InChI=1S/C11H18O6/c1-2-3-4-5-16-10-8(14)11(15)17-9(10)7(13)6-12/h7,9,12-14H,2-6H2,1H3/t7-,9+/m0/s1. The number of hydrogen-bond donors (Lipinski definition) is 3. The quantitative estimate of drug-likeness (QED) is 0.440. The first kappa shape index (κ1) is 13.8. The third-order valence-electron chi connectivity index (χ3n) is 2.46. The third kappa shape index (κ3) is 3.34. The van der Waals surface area contributed by atoms with Crippen LogP contribution >= 0.6 is 0 Å². The smallest absolute Gasteiger partial charge is 0.378 e. The average molecular weight is 246 g/mol. The van der Waals surface area contributed by atoms with Crippen LogP contribution in [0.25, 0.3) is 0 Å². The predicted octanol–water partition coefficient (Wildman–Crippen LogP) is 0.241. The van der Waals surface area contributed by atoms with E-state index in [1.54, 1.807) is 0 Å². The molecule has 0 amide bonds. The molecule has 1 rings (SSSR count). The van der Waals surface area contributed by atoms with Gasteiger partial charge in [0.1, 0.15) is 6.10 Å². The van der Waals surface area contributed by atoms with Crippen LogP contribution in [0, 0.1) is 0 Å². The van der Waals surface area contributed by atoms with Crippen LogP contribution in [0.1, 0.15) is 26.2 Å². The van der Waals surface area contributed by atoms with Crippen LogP contribution in [-0.2, 0) is 14.3 Å². The van der Waals surface area contributed by atoms with E-state index in [-0.39, 0.29) is 5.76 Å². The van der Waals surface area contributed by atoms with Crippen molar-refractivity contribution in [1.82, 2.24) is 0 Å². The molecular formula is C11H18O6. The molecule has 98 valence electrons. The van der Waals surface area contributed by atoms with Crippen molar-refractivity contribution in [3.8, 4) is 0 Å². The van der Waals surface area contributed by atoms with E-state index in [2.05, 4.69) is 0 Å². The summed E-state index contributed by atoms with van der Waals surface area (Å²) in [7, 11) is 0. The lowest BCUT2D eigenvalue weighted by Gasteiger charge is -2.18. The van der Waals surface area contributed by atoms with E-state index in [1.807, 2.05) is 6.92 Å². The Morgan fingerprint density at radius 3 is 2.76 bits per heavy atom. The van der Waals surface area contributed by atoms with Crippen molar-refractivity contribution in [2.24, 2.45) is 0 Å². The van der Waals surface area contributed by atoms with Gasteiger partial charge in [-0.1, -0.05) is 19.8 Å². The van der Waals surface area contributed by atoms with Gasteiger partial charge in [0.2, 0.25) is 5.76 Å². The number of hydrogen-bond acceptors (Lipinski definition) is 6. The number of esters is 1. The molecule has 0 bridgehead atoms. The SMILES string of the molecule is CCCCCOC1=C(O)C(=O)O[C@@H]1[C@@H](O)CO. The van der Waals surface area contributed by atoms with Gasteiger partial charge in [0.05, 0.1) is 13.2 Å². The molecule has 0 spiro atoms. The van der Waals surface area contributed by atoms with E-state index >= 15 is 0 Å². The van der Waals surface area contributed by atoms with E-state index < -0.39 is 30.5 Å². The van der Waals surface area contributed by atoms with Crippen LogP contribution < -0.4 is 0 Å². The van der Waals surface area contributed by atoms with Crippen LogP contribution in [-0.4, -0.2) is 46.7 Å². The number of carbonyl (C=O) groups excluding carboxylic acids is 1. The Labute approximate surface area is 99.5 Å². The molecule has 6 nitrogen and oxygen atoms in total. The molecule has 6 heteroatoms. The second-order valence-electron chi connectivity index (χ2n) is 3.84. The van der Waals surface area contributed by atoms with Crippen molar-refractivity contribution >= 4 is 5.97 Å². The zero-order valence-corrected chi connectivity index (χ0v) is 9.76. The zero-order chi connectivity index (χ0) is 12.8. The lowest BCUT2D eigenvalue weighted by Crippen LogP contribution is -2.32. The molecule has 0 aliphatic carbocycles. The largest absolute Gasteiger partial charge is 0.499 e. The highest BCUT2D eigenvalue weighted by atomic mass is 16.6. The van der Waals surface area contributed by atoms with E-state index in [0.717, 1.165) is 19.3 Å². The summed E-state index contributed by atoms with van der Waals surface area (Å²) in [5, 5.41) is 27.6. The lowest BCUT2D eigenvalue weighted by molar-refractivity contribution is -0.148. The van der Waals surface area contributed by atoms with Crippen molar-refractivity contribution in [2.75, 3.05) is 13.2 Å². The molecule has 17 heavy (non-hydrogen) atoms. The Balaban J connectivity index is 2.59. The third-order valence-corrected chi connectivity index (χ3v) is 2.46. The van der Waals surface area contributed by atoms with Gasteiger partial charge in [0.15, 0.2) is 11.9 Å². The minimum absolute atomic E-state index is 0.0901. The summed E-state index contributed by atoms with van der Waals surface area (Å²) in [5.74, 6) is -1.65. The topological polar surface area (TPSA) is 96.2 Å². The molecule has 0 aromatic rings. The van der Waals surface area contributed by atoms with Gasteiger partial charge in [-0.25, -0.2) is 4.79 Å². The van der Waals surface area contributed by atoms with Crippen LogP contribution in [0.15, 0.2) is 11.5 Å². The summed E-state index contributed by atoms with van der Waals surface area (Å²) in [4.78, 5) is 11.1. The van der Waals surface area contributed by atoms with Gasteiger partial charge < -0.3 is 24.8 Å². The fraction of sp³-hybridized carbons (Fsp3) is 0.727. The second-order valence-corrected chi connectivity index (χ2v) is 3.84. The number of aliphatic hydroxyl groups excluding tert-OH is 3. The molecule has 1 aliphatic rings. The Hall–Kier alpha value is -1.27. The Morgan fingerprint density at radius 1 is 1.47 bits per heavy atom. The van der Waals surface area contributed by atoms with Gasteiger partial charge in [-0.3, -0.25) is 0 Å². The van der Waals surface area contributed by atoms with Crippen LogP contribution in [0.2, 0.25) is 0 Å². The number of ether oxygens (including phenoxy) is 2. The molecule has 0 aromatic carbocycles. The highest BCUT2D eigenvalue weighted by Crippen LogP contribution is 2.25. The summed E-state index contributed by atoms with van der Waals surface area (Å²) in [6.07, 6.45) is 0.366. The molecule has 0 saturated carbocycles. The molecule has 3 N–H and O–H groups in total. The van der Waals surface area contributed by atoms with Gasteiger partial charge in [-0.15, -0.1) is 0 Å². The van der Waals surface area contributed by atoms with Gasteiger partial charge in [0, 0.05) is 0 Å². The van der Waals surface area contributed by atoms with Crippen LogP contribution in [0.3, 0.4) is 0 Å². The summed E-state index contributed by atoms with van der Waals surface area (Å²) in [5.41, 5.74) is 0. The van der Waals surface area contributed by atoms with Crippen molar-refractivity contribution < 1.29 is 29.6 Å². The van der Waals surface area contributed by atoms with Crippen molar-refractivity contribution in [3.05, 3.63) is 11.5 Å². The number of rotatable bonds is 7. The molecular weight excluding hydrogens is 228 g/mol. The van der Waals surface area contributed by atoms with E-state index in [0.29, 0.717) is 6.61 Å². The Morgan fingerprint density at radius 2 is 2.18 bits per heavy atom. The van der Waals surface area contributed by atoms with Gasteiger partial charge >= 0.3 is 5.97 Å². The zero-order valence-electron chi connectivity index (χ0n) is 9.76. The van der Waals surface area contributed by atoms with Crippen molar-refractivity contribution in [1.29, 1.82) is 0 Å². The van der Waals surface area contributed by atoms with E-state index in [1.165, 1.54) is 0 Å². The fourth-order valence-electron chi connectivity index (χ4n) is 1.49. The van der Waals surface area contributed by atoms with Crippen molar-refractivity contribution in [2.45, 2.75) is 38.4 Å². The van der Waals surface area contributed by atoms with E-state index in [9.17, 15) is 15.0 Å². The maximum absolute atomic E-state index is 11.1. The second kappa shape index (κ2) is 6.46. The first-order valence-corrected chi connectivity index (χ1v) is 5.67. The molecule has 0 radical (unpaired) electrons. The monoisotopic (exact) mass is 246 g/mol. The molecule has 0 fully saturated rings. The normalized spacial score (nSPS) is 21.6. The number of cyclic esters (lactones) is 1. The highest BCUT2D eigenvalue weighted by molar-refractivity contribution is 5.89. The predicted molar refractivity (Wildman–Crippen MR) is 58.1 cm³/mol.